The highest BCUT2D eigenvalue weighted by Gasteiger charge is 2.51. The molecule has 0 aromatic heterocycles. The van der Waals surface area contributed by atoms with E-state index in [1.807, 2.05) is 13.0 Å². The Hall–Kier alpha value is -2.35. The maximum Gasteiger partial charge on any atom is 0.257 e. The van der Waals surface area contributed by atoms with Gasteiger partial charge in [0.1, 0.15) is 5.82 Å². The predicted molar refractivity (Wildman–Crippen MR) is 108 cm³/mol. The van der Waals surface area contributed by atoms with E-state index in [0.29, 0.717) is 17.5 Å². The number of aliphatic hydroxyl groups is 1. The number of ether oxygens (including phenoxy) is 1. The maximum atomic E-state index is 14.7. The van der Waals surface area contributed by atoms with Gasteiger partial charge in [-0.2, -0.15) is 0 Å². The van der Waals surface area contributed by atoms with Crippen LogP contribution in [0, 0.1) is 11.7 Å². The fraction of sp³-hybridized carbons (Fsp3) is 0.333. The Labute approximate surface area is 168 Å². The zero-order chi connectivity index (χ0) is 20.1. The molecule has 1 aliphatic rings. The zero-order valence-corrected chi connectivity index (χ0v) is 16.3. The SMILES string of the molecule is CC[C@@H]1OC[C@@](NC(=S)NC(=O)c2ccccc2)(c2ccccc2F)[C@H]1CO. The highest BCUT2D eigenvalue weighted by molar-refractivity contribution is 7.80. The van der Waals surface area contributed by atoms with Crippen LogP contribution < -0.4 is 10.6 Å². The van der Waals surface area contributed by atoms with Crippen molar-refractivity contribution in [3.05, 3.63) is 71.5 Å². The number of aliphatic hydroxyl groups excluding tert-OH is 1. The Morgan fingerprint density at radius 1 is 1.25 bits per heavy atom. The third-order valence-electron chi connectivity index (χ3n) is 5.16. The lowest BCUT2D eigenvalue weighted by molar-refractivity contribution is 0.0692. The van der Waals surface area contributed by atoms with Crippen LogP contribution in [-0.2, 0) is 10.3 Å². The van der Waals surface area contributed by atoms with Crippen molar-refractivity contribution < 1.29 is 19.0 Å². The molecule has 0 radical (unpaired) electrons. The summed E-state index contributed by atoms with van der Waals surface area (Å²) in [6.07, 6.45) is 0.399. The minimum absolute atomic E-state index is 0.0518. The summed E-state index contributed by atoms with van der Waals surface area (Å²) in [5.74, 6) is -1.22. The summed E-state index contributed by atoms with van der Waals surface area (Å²) in [7, 11) is 0. The standard InChI is InChI=1S/C21H23FN2O3S/c1-2-18-16(12-25)21(13-27-18,15-10-6-7-11-17(15)22)24-20(28)23-19(26)14-8-4-3-5-9-14/h3-11,16,18,25H,2,12-13H2,1H3,(H2,23,24,26,28)/t16-,18-,21+/m0/s1. The number of amides is 1. The average molecular weight is 402 g/mol. The number of benzene rings is 2. The number of hydrogen-bond acceptors (Lipinski definition) is 4. The number of nitrogens with one attached hydrogen (secondary N) is 2. The lowest BCUT2D eigenvalue weighted by atomic mass is 9.77. The fourth-order valence-electron chi connectivity index (χ4n) is 3.75. The molecule has 28 heavy (non-hydrogen) atoms. The van der Waals surface area contributed by atoms with Crippen molar-refractivity contribution in [1.29, 1.82) is 0 Å². The van der Waals surface area contributed by atoms with E-state index in [2.05, 4.69) is 10.6 Å². The van der Waals surface area contributed by atoms with Crippen LogP contribution in [0.3, 0.4) is 0 Å². The quantitative estimate of drug-likeness (QED) is 0.671. The van der Waals surface area contributed by atoms with Gasteiger partial charge in [-0.05, 0) is 36.8 Å². The van der Waals surface area contributed by atoms with Gasteiger partial charge in [0, 0.05) is 17.0 Å². The number of hydrogen-bond donors (Lipinski definition) is 3. The van der Waals surface area contributed by atoms with Crippen LogP contribution in [0.4, 0.5) is 4.39 Å². The number of carbonyl (C=O) groups excluding carboxylic acids is 1. The number of halogens is 1. The monoisotopic (exact) mass is 402 g/mol. The van der Waals surface area contributed by atoms with E-state index < -0.39 is 17.3 Å². The maximum absolute atomic E-state index is 14.7. The third kappa shape index (κ3) is 3.92. The molecule has 1 fully saturated rings. The molecule has 3 rings (SSSR count). The van der Waals surface area contributed by atoms with Crippen LogP contribution >= 0.6 is 12.2 Å². The van der Waals surface area contributed by atoms with Gasteiger partial charge in [0.2, 0.25) is 0 Å². The molecule has 3 atom stereocenters. The van der Waals surface area contributed by atoms with Crippen LogP contribution in [0.2, 0.25) is 0 Å². The molecule has 0 spiro atoms. The first kappa shape index (κ1) is 20.4. The normalized spacial score (nSPS) is 24.0. The molecule has 7 heteroatoms. The van der Waals surface area contributed by atoms with Gasteiger partial charge in [-0.15, -0.1) is 0 Å². The molecule has 0 aliphatic carbocycles. The van der Waals surface area contributed by atoms with Crippen molar-refractivity contribution in [1.82, 2.24) is 10.6 Å². The van der Waals surface area contributed by atoms with Gasteiger partial charge >= 0.3 is 0 Å². The second-order valence-electron chi connectivity index (χ2n) is 6.77. The molecule has 1 amide bonds. The smallest absolute Gasteiger partial charge is 0.257 e. The zero-order valence-electron chi connectivity index (χ0n) is 15.5. The first-order chi connectivity index (χ1) is 13.5. The minimum Gasteiger partial charge on any atom is -0.396 e. The van der Waals surface area contributed by atoms with Crippen molar-refractivity contribution in [2.75, 3.05) is 13.2 Å². The molecular weight excluding hydrogens is 379 g/mol. The van der Waals surface area contributed by atoms with Gasteiger partial charge in [-0.25, -0.2) is 4.39 Å². The van der Waals surface area contributed by atoms with Crippen LogP contribution in [0.15, 0.2) is 54.6 Å². The molecule has 148 valence electrons. The molecule has 0 saturated carbocycles. The highest BCUT2D eigenvalue weighted by Crippen LogP contribution is 2.41. The van der Waals surface area contributed by atoms with Gasteiger partial charge in [-0.3, -0.25) is 10.1 Å². The van der Waals surface area contributed by atoms with E-state index in [9.17, 15) is 14.3 Å². The summed E-state index contributed by atoms with van der Waals surface area (Å²) < 4.78 is 20.6. The van der Waals surface area contributed by atoms with Gasteiger partial charge in [0.15, 0.2) is 5.11 Å². The van der Waals surface area contributed by atoms with Gasteiger partial charge in [0.05, 0.1) is 24.9 Å². The number of thiocarbonyl (C=S) groups is 1. The topological polar surface area (TPSA) is 70.6 Å². The summed E-state index contributed by atoms with van der Waals surface area (Å²) in [6, 6.07) is 15.0. The van der Waals surface area contributed by atoms with E-state index in [-0.39, 0.29) is 30.3 Å². The molecule has 2 aromatic carbocycles. The summed E-state index contributed by atoms with van der Waals surface area (Å²) in [6.45, 7) is 1.86. The van der Waals surface area contributed by atoms with Gasteiger partial charge in [-0.1, -0.05) is 43.3 Å². The van der Waals surface area contributed by atoms with Crippen molar-refractivity contribution >= 4 is 23.2 Å². The summed E-state index contributed by atoms with van der Waals surface area (Å²) in [5, 5.41) is 15.8. The van der Waals surface area contributed by atoms with Crippen molar-refractivity contribution in [3.8, 4) is 0 Å². The largest absolute Gasteiger partial charge is 0.396 e. The number of carbonyl (C=O) groups is 1. The summed E-state index contributed by atoms with van der Waals surface area (Å²) >= 11 is 5.36. The second-order valence-corrected chi connectivity index (χ2v) is 7.18. The van der Waals surface area contributed by atoms with Crippen LogP contribution in [0.1, 0.15) is 29.3 Å². The Kier molecular flexibility index (Phi) is 6.39. The Balaban J connectivity index is 1.89. The fourth-order valence-corrected chi connectivity index (χ4v) is 4.02. The predicted octanol–water partition coefficient (Wildman–Crippen LogP) is 2.74. The van der Waals surface area contributed by atoms with Crippen molar-refractivity contribution in [2.24, 2.45) is 5.92 Å². The molecule has 0 bridgehead atoms. The highest BCUT2D eigenvalue weighted by atomic mass is 32.1. The summed E-state index contributed by atoms with van der Waals surface area (Å²) in [5.41, 5.74) is -0.275. The lowest BCUT2D eigenvalue weighted by Crippen LogP contribution is -2.56. The van der Waals surface area contributed by atoms with E-state index >= 15 is 0 Å². The van der Waals surface area contributed by atoms with Crippen LogP contribution in [0.25, 0.3) is 0 Å². The summed E-state index contributed by atoms with van der Waals surface area (Å²) in [4.78, 5) is 12.4. The van der Waals surface area contributed by atoms with E-state index in [1.54, 1.807) is 42.5 Å². The molecule has 5 nitrogen and oxygen atoms in total. The van der Waals surface area contributed by atoms with E-state index in [4.69, 9.17) is 17.0 Å². The Bertz CT molecular complexity index is 849. The van der Waals surface area contributed by atoms with Crippen LogP contribution in [0.5, 0.6) is 0 Å². The lowest BCUT2D eigenvalue weighted by Gasteiger charge is -2.37. The molecule has 1 aliphatic heterocycles. The van der Waals surface area contributed by atoms with E-state index in [0.717, 1.165) is 0 Å². The molecule has 0 unspecified atom stereocenters. The molecule has 3 N–H and O–H groups in total. The second kappa shape index (κ2) is 8.77. The van der Waals surface area contributed by atoms with Crippen molar-refractivity contribution in [2.45, 2.75) is 25.0 Å². The molecular formula is C21H23FN2O3S. The van der Waals surface area contributed by atoms with E-state index in [1.165, 1.54) is 6.07 Å². The number of rotatable bonds is 5. The van der Waals surface area contributed by atoms with Crippen molar-refractivity contribution in [3.63, 3.8) is 0 Å². The van der Waals surface area contributed by atoms with Gasteiger partial charge in [0.25, 0.3) is 5.91 Å². The Morgan fingerprint density at radius 2 is 1.93 bits per heavy atom. The molecule has 2 aromatic rings. The first-order valence-electron chi connectivity index (χ1n) is 9.18. The first-order valence-corrected chi connectivity index (χ1v) is 9.58. The molecule has 1 saturated heterocycles. The third-order valence-corrected chi connectivity index (χ3v) is 5.36. The Morgan fingerprint density at radius 3 is 2.57 bits per heavy atom. The average Bonchev–Trinajstić information content (AvgIpc) is 3.06. The van der Waals surface area contributed by atoms with Crippen LogP contribution in [-0.4, -0.2) is 35.4 Å². The molecule has 1 heterocycles. The van der Waals surface area contributed by atoms with Gasteiger partial charge < -0.3 is 15.2 Å². The minimum atomic E-state index is -1.08.